The van der Waals surface area contributed by atoms with Crippen molar-refractivity contribution >= 4 is 28.1 Å². The van der Waals surface area contributed by atoms with Crippen LogP contribution in [0.3, 0.4) is 0 Å². The van der Waals surface area contributed by atoms with E-state index in [1.807, 2.05) is 0 Å². The lowest BCUT2D eigenvalue weighted by Gasteiger charge is -2.02. The number of furan rings is 1. The second-order valence-corrected chi connectivity index (χ2v) is 4.35. The lowest BCUT2D eigenvalue weighted by molar-refractivity contribution is 0.0955. The van der Waals surface area contributed by atoms with E-state index >= 15 is 0 Å². The van der Waals surface area contributed by atoms with Gasteiger partial charge in [0.25, 0.3) is 5.91 Å². The highest BCUT2D eigenvalue weighted by molar-refractivity contribution is 9.10. The predicted molar refractivity (Wildman–Crippen MR) is 74.5 cm³/mol. The zero-order valence-corrected chi connectivity index (χ0v) is 11.7. The second-order valence-electron chi connectivity index (χ2n) is 3.57. The summed E-state index contributed by atoms with van der Waals surface area (Å²) < 4.78 is 10.9. The summed E-state index contributed by atoms with van der Waals surface area (Å²) in [7, 11) is 1.55. The average molecular weight is 323 g/mol. The van der Waals surface area contributed by atoms with Gasteiger partial charge in [-0.05, 0) is 46.3 Å². The number of hydrogen-bond donors (Lipinski definition) is 1. The molecular formula is C13H11BrN2O3. The van der Waals surface area contributed by atoms with Gasteiger partial charge in [0, 0.05) is 5.56 Å². The van der Waals surface area contributed by atoms with Crippen molar-refractivity contribution in [2.75, 3.05) is 7.11 Å². The monoisotopic (exact) mass is 322 g/mol. The van der Waals surface area contributed by atoms with Crippen molar-refractivity contribution in [2.45, 2.75) is 0 Å². The van der Waals surface area contributed by atoms with Crippen molar-refractivity contribution in [1.29, 1.82) is 0 Å². The van der Waals surface area contributed by atoms with Gasteiger partial charge in [0.1, 0.15) is 11.5 Å². The third kappa shape index (κ3) is 3.69. The standard InChI is InChI=1S/C13H11BrN2O3/c1-18-10-4-2-3-9(7-10)13(17)16-15-8-11-5-6-12(14)19-11/h2-8H,1H3,(H,16,17). The van der Waals surface area contributed by atoms with Crippen molar-refractivity contribution in [2.24, 2.45) is 5.10 Å². The van der Waals surface area contributed by atoms with Gasteiger partial charge in [0.15, 0.2) is 4.67 Å². The predicted octanol–water partition coefficient (Wildman–Crippen LogP) is 2.81. The van der Waals surface area contributed by atoms with E-state index in [1.165, 1.54) is 6.21 Å². The van der Waals surface area contributed by atoms with Crippen LogP contribution in [0.4, 0.5) is 0 Å². The first-order valence-corrected chi connectivity index (χ1v) is 6.21. The highest BCUT2D eigenvalue weighted by Gasteiger charge is 2.05. The minimum atomic E-state index is -0.319. The number of halogens is 1. The van der Waals surface area contributed by atoms with Crippen LogP contribution in [0.15, 0.2) is 50.6 Å². The van der Waals surface area contributed by atoms with Gasteiger partial charge in [-0.15, -0.1) is 0 Å². The Balaban J connectivity index is 1.99. The molecule has 0 radical (unpaired) electrons. The lowest BCUT2D eigenvalue weighted by atomic mass is 10.2. The summed E-state index contributed by atoms with van der Waals surface area (Å²) in [5.74, 6) is 0.838. The van der Waals surface area contributed by atoms with E-state index in [2.05, 4.69) is 26.5 Å². The van der Waals surface area contributed by atoms with Gasteiger partial charge in [-0.25, -0.2) is 5.43 Å². The fraction of sp³-hybridized carbons (Fsp3) is 0.0769. The Hall–Kier alpha value is -2.08. The fourth-order valence-corrected chi connectivity index (χ4v) is 1.70. The first kappa shape index (κ1) is 13.4. The topological polar surface area (TPSA) is 63.8 Å². The van der Waals surface area contributed by atoms with Crippen molar-refractivity contribution < 1.29 is 13.9 Å². The molecule has 1 amide bonds. The molecule has 0 aliphatic carbocycles. The summed E-state index contributed by atoms with van der Waals surface area (Å²) in [6.45, 7) is 0. The van der Waals surface area contributed by atoms with Crippen LogP contribution in [0.25, 0.3) is 0 Å². The van der Waals surface area contributed by atoms with Crippen LogP contribution in [0.1, 0.15) is 16.1 Å². The van der Waals surface area contributed by atoms with E-state index in [9.17, 15) is 4.79 Å². The first-order chi connectivity index (χ1) is 9.19. The van der Waals surface area contributed by atoms with Crippen LogP contribution in [-0.4, -0.2) is 19.2 Å². The molecule has 0 aliphatic heterocycles. The van der Waals surface area contributed by atoms with Crippen molar-refractivity contribution in [3.05, 3.63) is 52.4 Å². The minimum absolute atomic E-state index is 0.319. The number of methoxy groups -OCH3 is 1. The molecule has 2 aromatic rings. The highest BCUT2D eigenvalue weighted by Crippen LogP contribution is 2.13. The summed E-state index contributed by atoms with van der Waals surface area (Å²) in [4.78, 5) is 11.8. The molecule has 0 bridgehead atoms. The van der Waals surface area contributed by atoms with E-state index in [1.54, 1.807) is 43.5 Å². The Morgan fingerprint density at radius 1 is 1.42 bits per heavy atom. The molecule has 2 rings (SSSR count). The molecule has 0 saturated heterocycles. The number of hydrogen-bond acceptors (Lipinski definition) is 4. The molecule has 0 saturated carbocycles. The number of rotatable bonds is 4. The summed E-state index contributed by atoms with van der Waals surface area (Å²) in [5, 5.41) is 3.81. The van der Waals surface area contributed by atoms with E-state index in [0.717, 1.165) is 0 Å². The Morgan fingerprint density at radius 2 is 2.26 bits per heavy atom. The van der Waals surface area contributed by atoms with Crippen LogP contribution < -0.4 is 10.2 Å². The smallest absolute Gasteiger partial charge is 0.271 e. The second kappa shape index (κ2) is 6.19. The molecule has 1 N–H and O–H groups in total. The number of carbonyl (C=O) groups is 1. The number of nitrogens with zero attached hydrogens (tertiary/aromatic N) is 1. The average Bonchev–Trinajstić information content (AvgIpc) is 2.84. The number of hydrazone groups is 1. The molecule has 1 aromatic carbocycles. The maximum atomic E-state index is 11.8. The van der Waals surface area contributed by atoms with Crippen LogP contribution in [0.5, 0.6) is 5.75 Å². The van der Waals surface area contributed by atoms with E-state index in [-0.39, 0.29) is 5.91 Å². The molecule has 6 heteroatoms. The number of carbonyl (C=O) groups excluding carboxylic acids is 1. The Bertz CT molecular complexity index is 607. The third-order valence-corrected chi connectivity index (χ3v) is 2.71. The van der Waals surface area contributed by atoms with Crippen LogP contribution in [0.2, 0.25) is 0 Å². The van der Waals surface area contributed by atoms with Crippen molar-refractivity contribution in [3.8, 4) is 5.75 Å². The molecule has 1 heterocycles. The molecule has 0 spiro atoms. The third-order valence-electron chi connectivity index (χ3n) is 2.28. The zero-order valence-electron chi connectivity index (χ0n) is 10.1. The molecular weight excluding hydrogens is 312 g/mol. The van der Waals surface area contributed by atoms with Crippen molar-refractivity contribution in [3.63, 3.8) is 0 Å². The molecule has 0 unspecified atom stereocenters. The maximum absolute atomic E-state index is 11.8. The Morgan fingerprint density at radius 3 is 2.95 bits per heavy atom. The highest BCUT2D eigenvalue weighted by atomic mass is 79.9. The van der Waals surface area contributed by atoms with Gasteiger partial charge in [-0.1, -0.05) is 6.07 Å². The molecule has 19 heavy (non-hydrogen) atoms. The van der Waals surface area contributed by atoms with Gasteiger partial charge in [-0.3, -0.25) is 4.79 Å². The Labute approximate surface area is 118 Å². The molecule has 0 fully saturated rings. The number of nitrogens with one attached hydrogen (secondary N) is 1. The molecule has 0 aliphatic rings. The number of ether oxygens (including phenoxy) is 1. The normalized spacial score (nSPS) is 10.6. The SMILES string of the molecule is COc1cccc(C(=O)NN=Cc2ccc(Br)o2)c1. The van der Waals surface area contributed by atoms with Gasteiger partial charge >= 0.3 is 0 Å². The fourth-order valence-electron chi connectivity index (χ4n) is 1.38. The van der Waals surface area contributed by atoms with Crippen LogP contribution >= 0.6 is 15.9 Å². The Kier molecular flexibility index (Phi) is 4.35. The molecule has 98 valence electrons. The van der Waals surface area contributed by atoms with Gasteiger partial charge < -0.3 is 9.15 Å². The summed E-state index contributed by atoms with van der Waals surface area (Å²) in [6, 6.07) is 10.3. The van der Waals surface area contributed by atoms with E-state index in [4.69, 9.17) is 9.15 Å². The lowest BCUT2D eigenvalue weighted by Crippen LogP contribution is -2.17. The largest absolute Gasteiger partial charge is 0.497 e. The summed E-state index contributed by atoms with van der Waals surface area (Å²) in [6.07, 6.45) is 1.42. The minimum Gasteiger partial charge on any atom is -0.497 e. The quantitative estimate of drug-likeness (QED) is 0.695. The van der Waals surface area contributed by atoms with Crippen molar-refractivity contribution in [1.82, 2.24) is 5.43 Å². The summed E-state index contributed by atoms with van der Waals surface area (Å²) in [5.41, 5.74) is 2.88. The van der Waals surface area contributed by atoms with Gasteiger partial charge in [0.05, 0.1) is 13.3 Å². The molecule has 1 aromatic heterocycles. The van der Waals surface area contributed by atoms with E-state index in [0.29, 0.717) is 21.7 Å². The zero-order chi connectivity index (χ0) is 13.7. The first-order valence-electron chi connectivity index (χ1n) is 5.42. The molecule has 0 atom stereocenters. The maximum Gasteiger partial charge on any atom is 0.271 e. The van der Waals surface area contributed by atoms with Gasteiger partial charge in [-0.2, -0.15) is 5.10 Å². The molecule has 5 nitrogen and oxygen atoms in total. The van der Waals surface area contributed by atoms with Crippen LogP contribution in [-0.2, 0) is 0 Å². The summed E-state index contributed by atoms with van der Waals surface area (Å²) >= 11 is 3.18. The van der Waals surface area contributed by atoms with E-state index < -0.39 is 0 Å². The number of benzene rings is 1. The van der Waals surface area contributed by atoms with Gasteiger partial charge in [0.2, 0.25) is 0 Å². The number of amides is 1. The van der Waals surface area contributed by atoms with Crippen LogP contribution in [0, 0.1) is 0 Å².